The van der Waals surface area contributed by atoms with Gasteiger partial charge in [0.2, 0.25) is 0 Å². The maximum Gasteiger partial charge on any atom is 0.412 e. The van der Waals surface area contributed by atoms with Gasteiger partial charge in [-0.05, 0) is 31.6 Å². The lowest BCUT2D eigenvalue weighted by molar-refractivity contribution is -0.0375. The summed E-state index contributed by atoms with van der Waals surface area (Å²) in [4.78, 5) is 13.4. The molecule has 2 rings (SSSR count). The van der Waals surface area contributed by atoms with Gasteiger partial charge in [-0.2, -0.15) is 0 Å². The van der Waals surface area contributed by atoms with E-state index < -0.39 is 11.8 Å². The highest BCUT2D eigenvalue weighted by Gasteiger charge is 2.67. The molecule has 1 heterocycles. The topological polar surface area (TPSA) is 49.8 Å². The van der Waals surface area contributed by atoms with Crippen molar-refractivity contribution in [1.29, 1.82) is 0 Å². The Morgan fingerprint density at radius 2 is 2.12 bits per heavy atom. The van der Waals surface area contributed by atoms with Gasteiger partial charge < -0.3 is 9.84 Å². The molecule has 4 heteroatoms. The molecule has 1 amide bonds. The molecular formula is C13H23NO3. The molecule has 0 aromatic heterocycles. The lowest BCUT2D eigenvalue weighted by atomic mass is 10.1. The van der Waals surface area contributed by atoms with E-state index in [9.17, 15) is 9.90 Å². The Morgan fingerprint density at radius 1 is 1.53 bits per heavy atom. The summed E-state index contributed by atoms with van der Waals surface area (Å²) in [6, 6.07) is 0. The van der Waals surface area contributed by atoms with E-state index in [-0.39, 0.29) is 17.4 Å². The first-order valence-electron chi connectivity index (χ1n) is 6.38. The van der Waals surface area contributed by atoms with Gasteiger partial charge in [-0.25, -0.2) is 4.79 Å². The highest BCUT2D eigenvalue weighted by molar-refractivity contribution is 5.69. The van der Waals surface area contributed by atoms with E-state index >= 15 is 0 Å². The number of rotatable bonds is 2. The second-order valence-corrected chi connectivity index (χ2v) is 6.50. The fourth-order valence-electron chi connectivity index (χ4n) is 2.79. The SMILES string of the molecule is CCC(C)(C)OC(=O)N1C[C@H]2[C@@H](C1O)C2(C)C. The van der Waals surface area contributed by atoms with Crippen LogP contribution in [0.15, 0.2) is 0 Å². The van der Waals surface area contributed by atoms with E-state index in [1.165, 1.54) is 4.90 Å². The monoisotopic (exact) mass is 241 g/mol. The van der Waals surface area contributed by atoms with Crippen molar-refractivity contribution < 1.29 is 14.6 Å². The van der Waals surface area contributed by atoms with Crippen LogP contribution in [-0.2, 0) is 4.74 Å². The van der Waals surface area contributed by atoms with Crippen molar-refractivity contribution in [1.82, 2.24) is 4.90 Å². The number of ether oxygens (including phenoxy) is 1. The molecule has 0 spiro atoms. The summed E-state index contributed by atoms with van der Waals surface area (Å²) in [5, 5.41) is 10.1. The van der Waals surface area contributed by atoms with Gasteiger partial charge >= 0.3 is 6.09 Å². The predicted molar refractivity (Wildman–Crippen MR) is 64.3 cm³/mol. The van der Waals surface area contributed by atoms with E-state index in [0.717, 1.165) is 6.42 Å². The average molecular weight is 241 g/mol. The molecule has 1 aliphatic carbocycles. The van der Waals surface area contributed by atoms with Gasteiger partial charge in [0.1, 0.15) is 11.8 Å². The first-order chi connectivity index (χ1) is 7.70. The summed E-state index contributed by atoms with van der Waals surface area (Å²) >= 11 is 0. The summed E-state index contributed by atoms with van der Waals surface area (Å²) in [6.07, 6.45) is -0.288. The maximum absolute atomic E-state index is 12.0. The molecular weight excluding hydrogens is 218 g/mol. The maximum atomic E-state index is 12.0. The largest absolute Gasteiger partial charge is 0.443 e. The highest BCUT2D eigenvalue weighted by Crippen LogP contribution is 2.64. The Kier molecular flexibility index (Phi) is 2.69. The molecule has 0 aromatic rings. The molecule has 1 aliphatic heterocycles. The first-order valence-corrected chi connectivity index (χ1v) is 6.38. The van der Waals surface area contributed by atoms with Gasteiger partial charge in [-0.3, -0.25) is 4.90 Å². The summed E-state index contributed by atoms with van der Waals surface area (Å²) in [6.45, 7) is 10.7. The van der Waals surface area contributed by atoms with E-state index in [1.807, 2.05) is 20.8 Å². The number of piperidine rings is 1. The van der Waals surface area contributed by atoms with Crippen LogP contribution in [0.4, 0.5) is 4.79 Å². The van der Waals surface area contributed by atoms with Crippen LogP contribution in [0.2, 0.25) is 0 Å². The van der Waals surface area contributed by atoms with Gasteiger partial charge in [0.05, 0.1) is 0 Å². The number of hydrogen-bond acceptors (Lipinski definition) is 3. The van der Waals surface area contributed by atoms with Crippen molar-refractivity contribution in [3.8, 4) is 0 Å². The molecule has 0 aromatic carbocycles. The summed E-state index contributed by atoms with van der Waals surface area (Å²) in [5.41, 5.74) is -0.282. The van der Waals surface area contributed by atoms with Crippen LogP contribution in [-0.4, -0.2) is 34.5 Å². The Morgan fingerprint density at radius 3 is 2.53 bits per heavy atom. The first kappa shape index (κ1) is 12.7. The van der Waals surface area contributed by atoms with Crippen molar-refractivity contribution >= 4 is 6.09 Å². The molecule has 2 fully saturated rings. The number of likely N-dealkylation sites (tertiary alicyclic amines) is 1. The number of carbonyl (C=O) groups is 1. The Bertz CT molecular complexity index is 338. The third kappa shape index (κ3) is 1.92. The van der Waals surface area contributed by atoms with Crippen molar-refractivity contribution in [2.45, 2.75) is 52.9 Å². The van der Waals surface area contributed by atoms with Gasteiger partial charge in [0.25, 0.3) is 0 Å². The lowest BCUT2D eigenvalue weighted by Gasteiger charge is -2.31. The van der Waals surface area contributed by atoms with Gasteiger partial charge in [0, 0.05) is 12.5 Å². The molecule has 17 heavy (non-hydrogen) atoms. The van der Waals surface area contributed by atoms with E-state index in [0.29, 0.717) is 12.5 Å². The zero-order chi connectivity index (χ0) is 13.0. The quantitative estimate of drug-likeness (QED) is 0.806. The fraction of sp³-hybridized carbons (Fsp3) is 0.923. The van der Waals surface area contributed by atoms with Crippen molar-refractivity contribution in [3.05, 3.63) is 0 Å². The minimum Gasteiger partial charge on any atom is -0.443 e. The second-order valence-electron chi connectivity index (χ2n) is 6.50. The Hall–Kier alpha value is -0.770. The van der Waals surface area contributed by atoms with Crippen LogP contribution in [0.5, 0.6) is 0 Å². The molecule has 0 bridgehead atoms. The average Bonchev–Trinajstić information content (AvgIpc) is 2.55. The zero-order valence-corrected chi connectivity index (χ0v) is 11.4. The Labute approximate surface area is 103 Å². The van der Waals surface area contributed by atoms with Crippen molar-refractivity contribution in [3.63, 3.8) is 0 Å². The number of aliphatic hydroxyl groups is 1. The number of hydrogen-bond donors (Lipinski definition) is 1. The summed E-state index contributed by atoms with van der Waals surface area (Å²) in [5.74, 6) is 0.648. The molecule has 4 nitrogen and oxygen atoms in total. The van der Waals surface area contributed by atoms with E-state index in [1.54, 1.807) is 0 Å². The normalized spacial score (nSPS) is 34.5. The molecule has 3 atom stereocenters. The number of amides is 1. The van der Waals surface area contributed by atoms with Crippen molar-refractivity contribution in [2.24, 2.45) is 17.3 Å². The number of fused-ring (bicyclic) bond motifs is 1. The van der Waals surface area contributed by atoms with Crippen LogP contribution in [0.1, 0.15) is 41.0 Å². The fourth-order valence-corrected chi connectivity index (χ4v) is 2.79. The third-order valence-corrected chi connectivity index (χ3v) is 4.62. The van der Waals surface area contributed by atoms with Crippen LogP contribution in [0.3, 0.4) is 0 Å². The third-order valence-electron chi connectivity index (χ3n) is 4.62. The highest BCUT2D eigenvalue weighted by atomic mass is 16.6. The Balaban J connectivity index is 1.96. The van der Waals surface area contributed by atoms with Crippen LogP contribution < -0.4 is 0 Å². The zero-order valence-electron chi connectivity index (χ0n) is 11.4. The minimum absolute atomic E-state index is 0.177. The molecule has 1 saturated carbocycles. The standard InChI is InChI=1S/C13H23NO3/c1-6-12(2,3)17-11(16)14-7-8-9(10(14)15)13(8,4)5/h8-10,15H,6-7H2,1-5H3/t8-,9-,10?/m0/s1. The molecule has 1 saturated heterocycles. The minimum atomic E-state index is -0.671. The van der Waals surface area contributed by atoms with Gasteiger partial charge in [-0.1, -0.05) is 20.8 Å². The number of nitrogens with zero attached hydrogens (tertiary/aromatic N) is 1. The molecule has 2 aliphatic rings. The molecule has 98 valence electrons. The van der Waals surface area contributed by atoms with Crippen LogP contribution in [0.25, 0.3) is 0 Å². The van der Waals surface area contributed by atoms with E-state index in [2.05, 4.69) is 13.8 Å². The molecule has 1 unspecified atom stereocenters. The van der Waals surface area contributed by atoms with Crippen molar-refractivity contribution in [2.75, 3.05) is 6.54 Å². The molecule has 0 radical (unpaired) electrons. The number of carbonyl (C=O) groups excluding carboxylic acids is 1. The van der Waals surface area contributed by atoms with Gasteiger partial charge in [-0.15, -0.1) is 0 Å². The summed E-state index contributed by atoms with van der Waals surface area (Å²) in [7, 11) is 0. The molecule has 1 N–H and O–H groups in total. The van der Waals surface area contributed by atoms with Crippen LogP contribution >= 0.6 is 0 Å². The summed E-state index contributed by atoms with van der Waals surface area (Å²) < 4.78 is 5.41. The second kappa shape index (κ2) is 3.61. The predicted octanol–water partition coefficient (Wildman–Crippen LogP) is 2.22. The van der Waals surface area contributed by atoms with Gasteiger partial charge in [0.15, 0.2) is 0 Å². The van der Waals surface area contributed by atoms with Crippen LogP contribution in [0, 0.1) is 17.3 Å². The lowest BCUT2D eigenvalue weighted by Crippen LogP contribution is -2.44. The number of aliphatic hydroxyl groups excluding tert-OH is 1. The smallest absolute Gasteiger partial charge is 0.412 e. The van der Waals surface area contributed by atoms with E-state index in [4.69, 9.17) is 4.74 Å².